The van der Waals surface area contributed by atoms with Crippen LogP contribution in [0.1, 0.15) is 46.5 Å². The number of hydrogen-bond donors (Lipinski definition) is 0. The normalized spacial score (nSPS) is 18.8. The van der Waals surface area contributed by atoms with Crippen LogP contribution < -0.4 is 0 Å². The summed E-state index contributed by atoms with van der Waals surface area (Å²) >= 11 is 1.22. The van der Waals surface area contributed by atoms with Gasteiger partial charge in [0.2, 0.25) is 10.0 Å². The Balaban J connectivity index is 1.42. The van der Waals surface area contributed by atoms with Gasteiger partial charge in [-0.15, -0.1) is 11.3 Å². The van der Waals surface area contributed by atoms with Crippen molar-refractivity contribution in [3.05, 3.63) is 51.7 Å². The highest BCUT2D eigenvalue weighted by molar-refractivity contribution is 7.89. The third kappa shape index (κ3) is 5.04. The van der Waals surface area contributed by atoms with Gasteiger partial charge in [-0.25, -0.2) is 8.42 Å². The molecule has 4 rings (SSSR count). The van der Waals surface area contributed by atoms with Crippen molar-refractivity contribution in [3.63, 3.8) is 0 Å². The van der Waals surface area contributed by atoms with Crippen LogP contribution in [0.3, 0.4) is 0 Å². The van der Waals surface area contributed by atoms with Crippen LogP contribution in [0.2, 0.25) is 0 Å². The van der Waals surface area contributed by atoms with Gasteiger partial charge in [-0.3, -0.25) is 9.69 Å². The van der Waals surface area contributed by atoms with E-state index in [2.05, 4.69) is 11.0 Å². The maximum Gasteiger partial charge on any atom is 0.265 e. The maximum absolute atomic E-state index is 13.3. The van der Waals surface area contributed by atoms with Gasteiger partial charge in [0.15, 0.2) is 0 Å². The molecule has 0 saturated carbocycles. The van der Waals surface area contributed by atoms with Crippen molar-refractivity contribution in [2.24, 2.45) is 0 Å². The molecule has 32 heavy (non-hydrogen) atoms. The average molecular weight is 473 g/mol. The second-order valence-electron chi connectivity index (χ2n) is 8.31. The van der Waals surface area contributed by atoms with Gasteiger partial charge >= 0.3 is 0 Å². The minimum absolute atomic E-state index is 0.160. The van der Waals surface area contributed by atoms with Crippen molar-refractivity contribution in [1.82, 2.24) is 14.1 Å². The molecule has 3 heterocycles. The Morgan fingerprint density at radius 2 is 1.69 bits per heavy atom. The Kier molecular flexibility index (Phi) is 7.26. The molecule has 0 bridgehead atoms. The number of thiophene rings is 1. The molecule has 2 aliphatic heterocycles. The van der Waals surface area contributed by atoms with Crippen molar-refractivity contribution in [3.8, 4) is 6.07 Å². The molecule has 1 aromatic heterocycles. The fraction of sp³-hybridized carbons (Fsp3) is 0.478. The summed E-state index contributed by atoms with van der Waals surface area (Å²) in [6, 6.07) is 11.3. The zero-order valence-electron chi connectivity index (χ0n) is 18.1. The predicted octanol–water partition coefficient (Wildman–Crippen LogP) is 3.14. The molecule has 2 fully saturated rings. The molecule has 170 valence electrons. The molecular weight excluding hydrogens is 444 g/mol. The van der Waals surface area contributed by atoms with Crippen LogP contribution in [0.25, 0.3) is 0 Å². The highest BCUT2D eigenvalue weighted by atomic mass is 32.2. The number of hydrogen-bond acceptors (Lipinski definition) is 6. The fourth-order valence-electron chi connectivity index (χ4n) is 4.32. The van der Waals surface area contributed by atoms with Gasteiger partial charge in [0, 0.05) is 45.8 Å². The van der Waals surface area contributed by atoms with E-state index in [1.54, 1.807) is 16.3 Å². The van der Waals surface area contributed by atoms with E-state index in [0.29, 0.717) is 36.6 Å². The van der Waals surface area contributed by atoms with Crippen molar-refractivity contribution in [2.75, 3.05) is 39.3 Å². The van der Waals surface area contributed by atoms with Crippen LogP contribution >= 0.6 is 11.3 Å². The molecular formula is C23H28N4O3S2. The number of nitrogens with zero attached hydrogens (tertiary/aromatic N) is 4. The average Bonchev–Trinajstić information content (AvgIpc) is 3.21. The number of carbonyl (C=O) groups is 1. The van der Waals surface area contributed by atoms with E-state index in [-0.39, 0.29) is 10.8 Å². The van der Waals surface area contributed by atoms with Gasteiger partial charge in [-0.05, 0) is 48.4 Å². The van der Waals surface area contributed by atoms with Crippen molar-refractivity contribution in [2.45, 2.75) is 37.1 Å². The number of sulfonamides is 1. The zero-order valence-corrected chi connectivity index (χ0v) is 19.7. The Morgan fingerprint density at radius 1 is 0.938 bits per heavy atom. The Bertz CT molecular complexity index is 1080. The highest BCUT2D eigenvalue weighted by Crippen LogP contribution is 2.28. The molecule has 9 heteroatoms. The third-order valence-electron chi connectivity index (χ3n) is 6.12. The minimum Gasteiger partial charge on any atom is -0.337 e. The second-order valence-corrected chi connectivity index (χ2v) is 11.1. The Morgan fingerprint density at radius 3 is 2.41 bits per heavy atom. The van der Waals surface area contributed by atoms with E-state index in [9.17, 15) is 13.2 Å². The first kappa shape index (κ1) is 22.9. The minimum atomic E-state index is -3.64. The van der Waals surface area contributed by atoms with Crippen molar-refractivity contribution >= 4 is 27.3 Å². The van der Waals surface area contributed by atoms with Gasteiger partial charge in [0.1, 0.15) is 9.77 Å². The number of nitriles is 1. The smallest absolute Gasteiger partial charge is 0.265 e. The van der Waals surface area contributed by atoms with Crippen molar-refractivity contribution < 1.29 is 13.2 Å². The first-order valence-electron chi connectivity index (χ1n) is 11.1. The molecule has 0 aliphatic carbocycles. The summed E-state index contributed by atoms with van der Waals surface area (Å²) in [5.41, 5.74) is 1.78. The lowest BCUT2D eigenvalue weighted by Gasteiger charge is -2.26. The van der Waals surface area contributed by atoms with Gasteiger partial charge in [-0.2, -0.15) is 9.57 Å². The first-order chi connectivity index (χ1) is 15.5. The van der Waals surface area contributed by atoms with Gasteiger partial charge in [-0.1, -0.05) is 18.6 Å². The summed E-state index contributed by atoms with van der Waals surface area (Å²) in [5.74, 6) is -0.184. The number of carbonyl (C=O) groups excluding carboxylic acids is 1. The molecule has 0 unspecified atom stereocenters. The van der Waals surface area contributed by atoms with Crippen LogP contribution in [0.15, 0.2) is 40.6 Å². The molecule has 2 saturated heterocycles. The lowest BCUT2D eigenvalue weighted by Crippen LogP contribution is -2.38. The summed E-state index contributed by atoms with van der Waals surface area (Å²) in [7, 11) is -3.64. The molecule has 2 aromatic rings. The van der Waals surface area contributed by atoms with E-state index in [1.165, 1.54) is 15.6 Å². The van der Waals surface area contributed by atoms with Gasteiger partial charge in [0.05, 0.1) is 11.6 Å². The number of amides is 1. The number of benzene rings is 1. The Hall–Kier alpha value is -2.25. The molecule has 0 radical (unpaired) electrons. The first-order valence-corrected chi connectivity index (χ1v) is 13.4. The van der Waals surface area contributed by atoms with E-state index < -0.39 is 10.0 Å². The van der Waals surface area contributed by atoms with Crippen LogP contribution in [0.4, 0.5) is 0 Å². The van der Waals surface area contributed by atoms with E-state index in [1.807, 2.05) is 24.3 Å². The predicted molar refractivity (Wildman–Crippen MR) is 124 cm³/mol. The monoisotopic (exact) mass is 472 g/mol. The third-order valence-corrected chi connectivity index (χ3v) is 9.09. The van der Waals surface area contributed by atoms with Crippen LogP contribution in [-0.2, 0) is 16.6 Å². The fourth-order valence-corrected chi connectivity index (χ4v) is 7.20. The Labute approximate surface area is 193 Å². The number of rotatable bonds is 5. The molecule has 1 amide bonds. The van der Waals surface area contributed by atoms with Gasteiger partial charge in [0.25, 0.3) is 5.91 Å². The van der Waals surface area contributed by atoms with E-state index in [0.717, 1.165) is 50.9 Å². The standard InChI is InChI=1S/C23H28N4O3S2/c24-17-19-5-7-20(8-6-19)18-25-10-4-11-26(15-14-25)23(28)22-21(9-16-31-22)32(29,30)27-12-2-1-3-13-27/h5-9,16H,1-4,10-15,18H2. The largest absolute Gasteiger partial charge is 0.337 e. The highest BCUT2D eigenvalue weighted by Gasteiger charge is 2.32. The van der Waals surface area contributed by atoms with E-state index in [4.69, 9.17) is 5.26 Å². The summed E-state index contributed by atoms with van der Waals surface area (Å²) in [6.45, 7) is 4.60. The SMILES string of the molecule is N#Cc1ccc(CN2CCCN(C(=O)c3sccc3S(=O)(=O)N3CCCCC3)CC2)cc1. The summed E-state index contributed by atoms with van der Waals surface area (Å²) in [4.78, 5) is 17.9. The zero-order chi connectivity index (χ0) is 22.6. The van der Waals surface area contributed by atoms with Crippen molar-refractivity contribution in [1.29, 1.82) is 5.26 Å². The van der Waals surface area contributed by atoms with Gasteiger partial charge < -0.3 is 4.90 Å². The molecule has 0 N–H and O–H groups in total. The lowest BCUT2D eigenvalue weighted by molar-refractivity contribution is 0.0762. The molecule has 1 aromatic carbocycles. The lowest BCUT2D eigenvalue weighted by atomic mass is 10.1. The molecule has 2 aliphatic rings. The quantitative estimate of drug-likeness (QED) is 0.667. The summed E-state index contributed by atoms with van der Waals surface area (Å²) in [6.07, 6.45) is 3.62. The van der Waals surface area contributed by atoms with E-state index >= 15 is 0 Å². The molecule has 0 atom stereocenters. The summed E-state index contributed by atoms with van der Waals surface area (Å²) in [5, 5.41) is 10.7. The second kappa shape index (κ2) is 10.1. The summed E-state index contributed by atoms with van der Waals surface area (Å²) < 4.78 is 27.8. The van der Waals surface area contributed by atoms with Crippen LogP contribution in [0.5, 0.6) is 0 Å². The molecule has 0 spiro atoms. The maximum atomic E-state index is 13.3. The number of piperidine rings is 1. The van der Waals surface area contributed by atoms with Crippen LogP contribution in [-0.4, -0.2) is 67.7 Å². The topological polar surface area (TPSA) is 84.7 Å². The van der Waals surface area contributed by atoms with Crippen LogP contribution in [0, 0.1) is 11.3 Å². The molecule has 7 nitrogen and oxygen atoms in total.